The van der Waals surface area contributed by atoms with Gasteiger partial charge in [0.25, 0.3) is 0 Å². The highest BCUT2D eigenvalue weighted by Gasteiger charge is 2.50. The Morgan fingerprint density at radius 2 is 1.79 bits per heavy atom. The van der Waals surface area contributed by atoms with Crippen molar-refractivity contribution in [2.24, 2.45) is 17.8 Å². The standard InChI is InChI=1S/C24H36F3N/c1-3-8-19-9-11-20(12-10-19)21-13-15-22(16-14-21)23(17-6-5-7-18-23)28(4-2)24(25,26)27/h5-7,15,17,19-21H,3-4,8-14,16,18H2,1-2H3. The largest absolute Gasteiger partial charge is 0.460 e. The van der Waals surface area contributed by atoms with Gasteiger partial charge in [-0.15, -0.1) is 0 Å². The number of likely N-dealkylation sites (N-methyl/N-ethyl adjacent to an activating group) is 1. The Labute approximate surface area is 168 Å². The van der Waals surface area contributed by atoms with E-state index in [2.05, 4.69) is 13.0 Å². The summed E-state index contributed by atoms with van der Waals surface area (Å²) in [6.45, 7) is 3.86. The van der Waals surface area contributed by atoms with Gasteiger partial charge in [0.05, 0.1) is 5.54 Å². The molecule has 0 radical (unpaired) electrons. The van der Waals surface area contributed by atoms with Gasteiger partial charge in [-0.2, -0.15) is 13.2 Å². The third-order valence-electron chi connectivity index (χ3n) is 7.41. The molecule has 0 aromatic rings. The van der Waals surface area contributed by atoms with Gasteiger partial charge in [0.2, 0.25) is 0 Å². The summed E-state index contributed by atoms with van der Waals surface area (Å²) < 4.78 is 41.4. The lowest BCUT2D eigenvalue weighted by atomic mass is 9.68. The molecule has 0 aliphatic heterocycles. The van der Waals surface area contributed by atoms with Crippen LogP contribution < -0.4 is 0 Å². The van der Waals surface area contributed by atoms with Crippen LogP contribution in [0.1, 0.15) is 78.1 Å². The molecule has 0 spiro atoms. The maximum atomic E-state index is 13.8. The number of alkyl halides is 3. The van der Waals surface area contributed by atoms with E-state index in [0.717, 1.165) is 41.6 Å². The van der Waals surface area contributed by atoms with Crippen molar-refractivity contribution in [2.45, 2.75) is 89.9 Å². The van der Waals surface area contributed by atoms with E-state index in [1.165, 1.54) is 38.5 Å². The topological polar surface area (TPSA) is 3.24 Å². The monoisotopic (exact) mass is 395 g/mol. The van der Waals surface area contributed by atoms with E-state index < -0.39 is 11.8 Å². The summed E-state index contributed by atoms with van der Waals surface area (Å²) in [7, 11) is 0. The fourth-order valence-electron chi connectivity index (χ4n) is 5.94. The average molecular weight is 396 g/mol. The highest BCUT2D eigenvalue weighted by molar-refractivity contribution is 5.36. The molecule has 4 heteroatoms. The number of rotatable bonds is 6. The van der Waals surface area contributed by atoms with Crippen LogP contribution in [0.2, 0.25) is 0 Å². The molecular formula is C24H36F3N. The highest BCUT2D eigenvalue weighted by atomic mass is 19.4. The summed E-state index contributed by atoms with van der Waals surface area (Å²) in [5.41, 5.74) is -0.0471. The van der Waals surface area contributed by atoms with Crippen LogP contribution in [0.25, 0.3) is 0 Å². The molecule has 2 atom stereocenters. The lowest BCUT2D eigenvalue weighted by Crippen LogP contribution is -2.56. The molecule has 1 fully saturated rings. The average Bonchev–Trinajstić information content (AvgIpc) is 2.69. The van der Waals surface area contributed by atoms with Crippen LogP contribution in [0, 0.1) is 17.8 Å². The Morgan fingerprint density at radius 1 is 1.04 bits per heavy atom. The maximum Gasteiger partial charge on any atom is 0.460 e. The second kappa shape index (κ2) is 9.19. The van der Waals surface area contributed by atoms with Crippen molar-refractivity contribution in [1.82, 2.24) is 4.90 Å². The lowest BCUT2D eigenvalue weighted by molar-refractivity contribution is -0.264. The zero-order valence-corrected chi connectivity index (χ0v) is 17.5. The quantitative estimate of drug-likeness (QED) is 0.334. The van der Waals surface area contributed by atoms with Crippen LogP contribution in [-0.2, 0) is 0 Å². The summed E-state index contributed by atoms with van der Waals surface area (Å²) in [6.07, 6.45) is 16.3. The first kappa shape index (κ1) is 21.7. The van der Waals surface area contributed by atoms with E-state index >= 15 is 0 Å². The van der Waals surface area contributed by atoms with Crippen molar-refractivity contribution in [3.05, 3.63) is 36.0 Å². The van der Waals surface area contributed by atoms with Gasteiger partial charge in [-0.3, -0.25) is 0 Å². The Bertz CT molecular complexity index is 595. The third-order valence-corrected chi connectivity index (χ3v) is 7.41. The molecule has 0 aromatic heterocycles. The third kappa shape index (κ3) is 4.58. The molecule has 3 rings (SSSR count). The van der Waals surface area contributed by atoms with E-state index in [9.17, 15) is 13.2 Å². The molecule has 2 unspecified atom stereocenters. The van der Waals surface area contributed by atoms with Gasteiger partial charge in [-0.1, -0.05) is 69.9 Å². The van der Waals surface area contributed by atoms with Crippen molar-refractivity contribution in [2.75, 3.05) is 6.54 Å². The molecule has 1 nitrogen and oxygen atoms in total. The normalized spacial score (nSPS) is 33.9. The molecule has 0 N–H and O–H groups in total. The van der Waals surface area contributed by atoms with Gasteiger partial charge in [0, 0.05) is 6.54 Å². The minimum atomic E-state index is -4.32. The molecule has 28 heavy (non-hydrogen) atoms. The highest BCUT2D eigenvalue weighted by Crippen LogP contribution is 2.46. The minimum Gasteiger partial charge on any atom is -0.201 e. The van der Waals surface area contributed by atoms with E-state index in [1.807, 2.05) is 12.2 Å². The van der Waals surface area contributed by atoms with Gasteiger partial charge in [-0.25, -0.2) is 4.90 Å². The first-order valence-corrected chi connectivity index (χ1v) is 11.3. The molecule has 0 aromatic carbocycles. The maximum absolute atomic E-state index is 13.8. The van der Waals surface area contributed by atoms with Crippen LogP contribution >= 0.6 is 0 Å². The van der Waals surface area contributed by atoms with E-state index in [-0.39, 0.29) is 6.54 Å². The molecular weight excluding hydrogens is 359 g/mol. The summed E-state index contributed by atoms with van der Waals surface area (Å²) >= 11 is 0. The van der Waals surface area contributed by atoms with Crippen molar-refractivity contribution < 1.29 is 13.2 Å². The predicted octanol–water partition coefficient (Wildman–Crippen LogP) is 7.42. The van der Waals surface area contributed by atoms with Crippen molar-refractivity contribution in [3.63, 3.8) is 0 Å². The van der Waals surface area contributed by atoms with Crippen molar-refractivity contribution in [3.8, 4) is 0 Å². The zero-order valence-electron chi connectivity index (χ0n) is 17.5. The molecule has 1 saturated carbocycles. The first-order valence-electron chi connectivity index (χ1n) is 11.3. The number of hydrogen-bond acceptors (Lipinski definition) is 1. The van der Waals surface area contributed by atoms with Crippen molar-refractivity contribution in [1.29, 1.82) is 0 Å². The Kier molecular flexibility index (Phi) is 7.12. The zero-order chi connectivity index (χ0) is 20.2. The number of halogens is 3. The fourth-order valence-corrected chi connectivity index (χ4v) is 5.94. The van der Waals surface area contributed by atoms with Crippen LogP contribution in [0.4, 0.5) is 13.2 Å². The number of hydrogen-bond donors (Lipinski definition) is 0. The number of nitrogens with zero attached hydrogens (tertiary/aromatic N) is 1. The van der Waals surface area contributed by atoms with Crippen LogP contribution in [0.5, 0.6) is 0 Å². The molecule has 158 valence electrons. The predicted molar refractivity (Wildman–Crippen MR) is 110 cm³/mol. The second-order valence-electron chi connectivity index (χ2n) is 8.96. The molecule has 0 amide bonds. The molecule has 0 heterocycles. The summed E-state index contributed by atoms with van der Waals surface area (Å²) in [5, 5.41) is 0. The van der Waals surface area contributed by atoms with Gasteiger partial charge >= 0.3 is 6.30 Å². The van der Waals surface area contributed by atoms with E-state index in [4.69, 9.17) is 0 Å². The van der Waals surface area contributed by atoms with E-state index in [0.29, 0.717) is 12.3 Å². The Hall–Kier alpha value is -1.03. The van der Waals surface area contributed by atoms with Crippen LogP contribution in [0.3, 0.4) is 0 Å². The number of allylic oxidation sites excluding steroid dienone is 3. The Balaban J connectivity index is 1.71. The second-order valence-corrected chi connectivity index (χ2v) is 8.96. The summed E-state index contributed by atoms with van der Waals surface area (Å²) in [4.78, 5) is 0.738. The van der Waals surface area contributed by atoms with Crippen molar-refractivity contribution >= 4 is 0 Å². The van der Waals surface area contributed by atoms with Gasteiger partial charge in [0.15, 0.2) is 0 Å². The van der Waals surface area contributed by atoms with E-state index in [1.54, 1.807) is 19.1 Å². The van der Waals surface area contributed by atoms with Crippen LogP contribution in [-0.4, -0.2) is 23.3 Å². The summed E-state index contributed by atoms with van der Waals surface area (Å²) in [6, 6.07) is 0. The molecule has 0 saturated heterocycles. The Morgan fingerprint density at radius 3 is 2.29 bits per heavy atom. The van der Waals surface area contributed by atoms with Crippen LogP contribution in [0.15, 0.2) is 36.0 Å². The first-order chi connectivity index (χ1) is 13.4. The molecule has 3 aliphatic carbocycles. The minimum absolute atomic E-state index is 0.0239. The molecule has 3 aliphatic rings. The van der Waals surface area contributed by atoms with Gasteiger partial charge in [0.1, 0.15) is 0 Å². The summed E-state index contributed by atoms with van der Waals surface area (Å²) in [5.74, 6) is 2.34. The fraction of sp³-hybridized carbons (Fsp3) is 0.750. The van der Waals surface area contributed by atoms with Gasteiger partial charge in [-0.05, 0) is 61.9 Å². The SMILES string of the molecule is CCCC1CCC(C2CC=C(C3(N(CC)C(F)(F)F)C=CC=CC3)CC2)CC1. The smallest absolute Gasteiger partial charge is 0.201 e. The lowest BCUT2D eigenvalue weighted by Gasteiger charge is -2.46. The molecule has 0 bridgehead atoms. The van der Waals surface area contributed by atoms with Gasteiger partial charge < -0.3 is 0 Å².